The molecule has 2 unspecified atom stereocenters. The SMILES string of the molecule is CCC1(CC)C(NCCCSC)CC1OC. The van der Waals surface area contributed by atoms with E-state index in [1.165, 1.54) is 31.4 Å². The lowest BCUT2D eigenvalue weighted by atomic mass is 9.58. The lowest BCUT2D eigenvalue weighted by Crippen LogP contribution is -2.63. The first-order valence-corrected chi connectivity index (χ1v) is 7.89. The summed E-state index contributed by atoms with van der Waals surface area (Å²) in [5.41, 5.74) is 0.397. The van der Waals surface area contributed by atoms with Crippen molar-refractivity contribution in [1.29, 1.82) is 0 Å². The van der Waals surface area contributed by atoms with Crippen molar-refractivity contribution < 1.29 is 4.74 Å². The first kappa shape index (κ1) is 14.3. The molecule has 96 valence electrons. The molecule has 0 aliphatic heterocycles. The van der Waals surface area contributed by atoms with Gasteiger partial charge in [-0.3, -0.25) is 0 Å². The molecule has 2 nitrogen and oxygen atoms in total. The lowest BCUT2D eigenvalue weighted by molar-refractivity contribution is -0.123. The fraction of sp³-hybridized carbons (Fsp3) is 1.00. The number of nitrogens with one attached hydrogen (secondary N) is 1. The van der Waals surface area contributed by atoms with E-state index in [9.17, 15) is 0 Å². The zero-order valence-electron chi connectivity index (χ0n) is 11.2. The average molecular weight is 245 g/mol. The summed E-state index contributed by atoms with van der Waals surface area (Å²) in [6, 6.07) is 0.675. The molecule has 0 aromatic carbocycles. The van der Waals surface area contributed by atoms with Gasteiger partial charge in [0.25, 0.3) is 0 Å². The van der Waals surface area contributed by atoms with E-state index in [4.69, 9.17) is 4.74 Å². The zero-order chi connectivity index (χ0) is 12.0. The summed E-state index contributed by atoms with van der Waals surface area (Å²) < 4.78 is 5.60. The number of ether oxygens (including phenoxy) is 1. The Bertz CT molecular complexity index is 194. The van der Waals surface area contributed by atoms with Crippen LogP contribution < -0.4 is 5.32 Å². The van der Waals surface area contributed by atoms with Crippen molar-refractivity contribution in [3.05, 3.63) is 0 Å². The van der Waals surface area contributed by atoms with Crippen molar-refractivity contribution in [2.75, 3.05) is 25.7 Å². The molecule has 1 aliphatic carbocycles. The summed E-state index contributed by atoms with van der Waals surface area (Å²) in [7, 11) is 1.86. The maximum absolute atomic E-state index is 5.60. The van der Waals surface area contributed by atoms with E-state index >= 15 is 0 Å². The van der Waals surface area contributed by atoms with Crippen LogP contribution in [0.25, 0.3) is 0 Å². The zero-order valence-corrected chi connectivity index (χ0v) is 12.0. The van der Waals surface area contributed by atoms with Crippen LogP contribution in [0.2, 0.25) is 0 Å². The first-order valence-electron chi connectivity index (χ1n) is 6.50. The highest BCUT2D eigenvalue weighted by Crippen LogP contribution is 2.48. The van der Waals surface area contributed by atoms with Gasteiger partial charge >= 0.3 is 0 Å². The second-order valence-corrected chi connectivity index (χ2v) is 5.74. The number of methoxy groups -OCH3 is 1. The van der Waals surface area contributed by atoms with Crippen LogP contribution in [0.4, 0.5) is 0 Å². The molecule has 3 heteroatoms. The van der Waals surface area contributed by atoms with Crippen LogP contribution in [-0.4, -0.2) is 37.8 Å². The fourth-order valence-corrected chi connectivity index (χ4v) is 3.49. The normalized spacial score (nSPS) is 27.8. The van der Waals surface area contributed by atoms with E-state index in [1.807, 2.05) is 18.9 Å². The highest BCUT2D eigenvalue weighted by molar-refractivity contribution is 7.98. The summed E-state index contributed by atoms with van der Waals surface area (Å²) in [6.45, 7) is 5.75. The highest BCUT2D eigenvalue weighted by Gasteiger charge is 2.52. The molecule has 0 aromatic heterocycles. The second-order valence-electron chi connectivity index (χ2n) is 4.75. The molecule has 0 amide bonds. The Kier molecular flexibility index (Phi) is 6.16. The third-order valence-corrected chi connectivity index (χ3v) is 5.00. The Balaban J connectivity index is 2.37. The molecule has 16 heavy (non-hydrogen) atoms. The van der Waals surface area contributed by atoms with Gasteiger partial charge in [-0.2, -0.15) is 11.8 Å². The van der Waals surface area contributed by atoms with Crippen LogP contribution in [0.1, 0.15) is 39.5 Å². The van der Waals surface area contributed by atoms with Gasteiger partial charge in [0.2, 0.25) is 0 Å². The molecule has 1 aliphatic rings. The van der Waals surface area contributed by atoms with E-state index in [1.54, 1.807) is 0 Å². The summed E-state index contributed by atoms with van der Waals surface area (Å²) in [6.07, 6.45) is 7.56. The van der Waals surface area contributed by atoms with E-state index in [-0.39, 0.29) is 0 Å². The standard InChI is InChI=1S/C13H27NOS/c1-5-13(6-2)11(10-12(13)15-3)14-8-7-9-16-4/h11-12,14H,5-10H2,1-4H3. The van der Waals surface area contributed by atoms with Gasteiger partial charge in [-0.05, 0) is 44.2 Å². The molecular weight excluding hydrogens is 218 g/mol. The van der Waals surface area contributed by atoms with Gasteiger partial charge in [-0.1, -0.05) is 13.8 Å². The molecule has 2 atom stereocenters. The van der Waals surface area contributed by atoms with Crippen LogP contribution in [0, 0.1) is 5.41 Å². The molecule has 0 aromatic rings. The molecule has 0 bridgehead atoms. The molecule has 0 spiro atoms. The predicted molar refractivity (Wildman–Crippen MR) is 73.2 cm³/mol. The summed E-state index contributed by atoms with van der Waals surface area (Å²) in [5.74, 6) is 1.26. The maximum atomic E-state index is 5.60. The first-order chi connectivity index (χ1) is 7.75. The lowest BCUT2D eigenvalue weighted by Gasteiger charge is -2.55. The van der Waals surface area contributed by atoms with Crippen LogP contribution in [0.15, 0.2) is 0 Å². The van der Waals surface area contributed by atoms with Crippen molar-refractivity contribution in [3.8, 4) is 0 Å². The van der Waals surface area contributed by atoms with Crippen molar-refractivity contribution in [2.45, 2.75) is 51.7 Å². The van der Waals surface area contributed by atoms with Gasteiger partial charge in [0.05, 0.1) is 6.10 Å². The van der Waals surface area contributed by atoms with Gasteiger partial charge in [-0.15, -0.1) is 0 Å². The van der Waals surface area contributed by atoms with E-state index in [2.05, 4.69) is 25.4 Å². The smallest absolute Gasteiger partial charge is 0.0657 e. The predicted octanol–water partition coefficient (Wildman–Crippen LogP) is 2.92. The number of rotatable bonds is 8. The van der Waals surface area contributed by atoms with Crippen molar-refractivity contribution >= 4 is 11.8 Å². The minimum absolute atomic E-state index is 0.397. The fourth-order valence-electron chi connectivity index (χ4n) is 3.06. The average Bonchev–Trinajstić information content (AvgIpc) is 2.29. The molecule has 1 fully saturated rings. The van der Waals surface area contributed by atoms with E-state index in [0.717, 1.165) is 6.54 Å². The second kappa shape index (κ2) is 6.87. The Morgan fingerprint density at radius 3 is 2.56 bits per heavy atom. The Morgan fingerprint density at radius 1 is 1.38 bits per heavy atom. The summed E-state index contributed by atoms with van der Waals surface area (Å²) in [5, 5.41) is 3.72. The summed E-state index contributed by atoms with van der Waals surface area (Å²) in [4.78, 5) is 0. The third kappa shape index (κ3) is 2.74. The van der Waals surface area contributed by atoms with E-state index in [0.29, 0.717) is 17.6 Å². The van der Waals surface area contributed by atoms with Gasteiger partial charge in [-0.25, -0.2) is 0 Å². The quantitative estimate of drug-likeness (QED) is 0.664. The number of thioether (sulfide) groups is 1. The number of hydrogen-bond donors (Lipinski definition) is 1. The molecular formula is C13H27NOS. The molecule has 1 N–H and O–H groups in total. The Labute approximate surface area is 105 Å². The van der Waals surface area contributed by atoms with Crippen molar-refractivity contribution in [1.82, 2.24) is 5.32 Å². The molecule has 1 rings (SSSR count). The van der Waals surface area contributed by atoms with Crippen LogP contribution in [-0.2, 0) is 4.74 Å². The molecule has 1 saturated carbocycles. The summed E-state index contributed by atoms with van der Waals surface area (Å²) >= 11 is 1.93. The van der Waals surface area contributed by atoms with Crippen LogP contribution in [0.3, 0.4) is 0 Å². The van der Waals surface area contributed by atoms with Crippen LogP contribution >= 0.6 is 11.8 Å². The largest absolute Gasteiger partial charge is 0.381 e. The third-order valence-electron chi connectivity index (χ3n) is 4.30. The van der Waals surface area contributed by atoms with Crippen molar-refractivity contribution in [3.63, 3.8) is 0 Å². The van der Waals surface area contributed by atoms with Gasteiger partial charge < -0.3 is 10.1 Å². The van der Waals surface area contributed by atoms with Gasteiger partial charge in [0.1, 0.15) is 0 Å². The highest BCUT2D eigenvalue weighted by atomic mass is 32.2. The minimum atomic E-state index is 0.397. The topological polar surface area (TPSA) is 21.3 Å². The number of hydrogen-bond acceptors (Lipinski definition) is 3. The van der Waals surface area contributed by atoms with Crippen molar-refractivity contribution in [2.24, 2.45) is 5.41 Å². The van der Waals surface area contributed by atoms with Crippen LogP contribution in [0.5, 0.6) is 0 Å². The van der Waals surface area contributed by atoms with E-state index < -0.39 is 0 Å². The molecule has 0 heterocycles. The molecule has 0 saturated heterocycles. The van der Waals surface area contributed by atoms with Gasteiger partial charge in [0.15, 0.2) is 0 Å². The maximum Gasteiger partial charge on any atom is 0.0657 e. The Morgan fingerprint density at radius 2 is 2.06 bits per heavy atom. The molecule has 0 radical (unpaired) electrons. The monoisotopic (exact) mass is 245 g/mol. The minimum Gasteiger partial charge on any atom is -0.381 e. The Hall–Kier alpha value is 0.270. The van der Waals surface area contributed by atoms with Gasteiger partial charge in [0, 0.05) is 18.6 Å².